The molecule has 0 radical (unpaired) electrons. The zero-order valence-electron chi connectivity index (χ0n) is 12.7. The highest BCUT2D eigenvalue weighted by molar-refractivity contribution is 5.89. The molecule has 3 nitrogen and oxygen atoms in total. The van der Waals surface area contributed by atoms with Crippen LogP contribution in [0, 0.1) is 6.92 Å². The van der Waals surface area contributed by atoms with E-state index in [0.29, 0.717) is 6.04 Å². The van der Waals surface area contributed by atoms with Gasteiger partial charge in [-0.2, -0.15) is 0 Å². The maximum Gasteiger partial charge on any atom is 0.322 e. The summed E-state index contributed by atoms with van der Waals surface area (Å²) in [6, 6.07) is 8.48. The highest BCUT2D eigenvalue weighted by Gasteiger charge is 2.24. The number of nitrogens with one attached hydrogen (secondary N) is 1. The monoisotopic (exact) mass is 274 g/mol. The minimum absolute atomic E-state index is 0.0596. The molecule has 1 aromatic carbocycles. The van der Waals surface area contributed by atoms with Crippen molar-refractivity contribution in [3.8, 4) is 0 Å². The van der Waals surface area contributed by atoms with Crippen molar-refractivity contribution in [1.29, 1.82) is 0 Å². The number of carbonyl (C=O) groups is 1. The third kappa shape index (κ3) is 3.99. The summed E-state index contributed by atoms with van der Waals surface area (Å²) in [7, 11) is 0. The fraction of sp³-hybridized carbons (Fsp3) is 0.588. The van der Waals surface area contributed by atoms with Crippen LogP contribution in [0.4, 0.5) is 10.5 Å². The van der Waals surface area contributed by atoms with Crippen molar-refractivity contribution in [2.75, 3.05) is 11.9 Å². The number of nitrogens with zero attached hydrogens (tertiary/aromatic N) is 1. The van der Waals surface area contributed by atoms with Crippen LogP contribution in [0.3, 0.4) is 0 Å². The van der Waals surface area contributed by atoms with Gasteiger partial charge in [0.05, 0.1) is 0 Å². The summed E-state index contributed by atoms with van der Waals surface area (Å²) >= 11 is 0. The molecule has 1 N–H and O–H groups in total. The first-order valence-electron chi connectivity index (χ1n) is 7.85. The standard InChI is InChI=1S/C17H26N2O/c1-3-12-19(16-10-5-4-6-11-16)17(20)18-15-9-7-8-14(2)13-15/h7-9,13,16H,3-6,10-12H2,1-2H3,(H,18,20). The summed E-state index contributed by atoms with van der Waals surface area (Å²) in [5, 5.41) is 3.05. The van der Waals surface area contributed by atoms with E-state index in [1.165, 1.54) is 24.8 Å². The molecule has 1 saturated carbocycles. The predicted molar refractivity (Wildman–Crippen MR) is 84.1 cm³/mol. The van der Waals surface area contributed by atoms with Crippen LogP contribution < -0.4 is 5.32 Å². The Morgan fingerprint density at radius 2 is 2.05 bits per heavy atom. The Balaban J connectivity index is 2.02. The van der Waals surface area contributed by atoms with E-state index in [-0.39, 0.29) is 6.03 Å². The van der Waals surface area contributed by atoms with E-state index in [0.717, 1.165) is 31.5 Å². The Hall–Kier alpha value is -1.51. The molecule has 1 aromatic rings. The number of hydrogen-bond donors (Lipinski definition) is 1. The number of carbonyl (C=O) groups excluding carboxylic acids is 1. The molecule has 3 heteroatoms. The molecule has 0 atom stereocenters. The molecule has 0 aliphatic heterocycles. The molecule has 20 heavy (non-hydrogen) atoms. The van der Waals surface area contributed by atoms with Crippen molar-refractivity contribution in [2.24, 2.45) is 0 Å². The van der Waals surface area contributed by atoms with Crippen molar-refractivity contribution in [3.63, 3.8) is 0 Å². The van der Waals surface area contributed by atoms with E-state index in [1.54, 1.807) is 0 Å². The average molecular weight is 274 g/mol. The van der Waals surface area contributed by atoms with Gasteiger partial charge in [-0.3, -0.25) is 0 Å². The lowest BCUT2D eigenvalue weighted by Crippen LogP contribution is -2.44. The normalized spacial score (nSPS) is 15.9. The summed E-state index contributed by atoms with van der Waals surface area (Å²) in [6.07, 6.45) is 7.14. The smallest absolute Gasteiger partial charge is 0.322 e. The minimum atomic E-state index is 0.0596. The lowest BCUT2D eigenvalue weighted by Gasteiger charge is -2.34. The number of urea groups is 1. The first-order chi connectivity index (χ1) is 9.70. The summed E-state index contributed by atoms with van der Waals surface area (Å²) in [5.41, 5.74) is 2.06. The van der Waals surface area contributed by atoms with Gasteiger partial charge < -0.3 is 10.2 Å². The quantitative estimate of drug-likeness (QED) is 0.857. The van der Waals surface area contributed by atoms with Gasteiger partial charge in [0, 0.05) is 18.3 Å². The van der Waals surface area contributed by atoms with Crippen molar-refractivity contribution < 1.29 is 4.79 Å². The largest absolute Gasteiger partial charge is 0.322 e. The Morgan fingerprint density at radius 3 is 2.70 bits per heavy atom. The van der Waals surface area contributed by atoms with Crippen molar-refractivity contribution >= 4 is 11.7 Å². The molecule has 1 aliphatic rings. The van der Waals surface area contributed by atoms with E-state index in [1.807, 2.05) is 36.1 Å². The number of hydrogen-bond acceptors (Lipinski definition) is 1. The molecule has 0 saturated heterocycles. The topological polar surface area (TPSA) is 32.3 Å². The summed E-state index contributed by atoms with van der Waals surface area (Å²) in [5.74, 6) is 0. The summed E-state index contributed by atoms with van der Waals surface area (Å²) in [6.45, 7) is 5.03. The van der Waals surface area contributed by atoms with Gasteiger partial charge in [-0.05, 0) is 43.9 Å². The molecular formula is C17H26N2O. The molecule has 1 aliphatic carbocycles. The van der Waals surface area contributed by atoms with Crippen LogP contribution in [0.25, 0.3) is 0 Å². The van der Waals surface area contributed by atoms with Crippen LogP contribution in [0.5, 0.6) is 0 Å². The number of anilines is 1. The first kappa shape index (κ1) is 14.9. The third-order valence-electron chi connectivity index (χ3n) is 4.01. The molecule has 110 valence electrons. The van der Waals surface area contributed by atoms with Gasteiger partial charge in [-0.1, -0.05) is 38.3 Å². The summed E-state index contributed by atoms with van der Waals surface area (Å²) in [4.78, 5) is 14.6. The van der Waals surface area contributed by atoms with Crippen LogP contribution >= 0.6 is 0 Å². The molecule has 0 heterocycles. The zero-order chi connectivity index (χ0) is 14.4. The van der Waals surface area contributed by atoms with Gasteiger partial charge in [0.25, 0.3) is 0 Å². The van der Waals surface area contributed by atoms with Crippen LogP contribution in [0.2, 0.25) is 0 Å². The van der Waals surface area contributed by atoms with Crippen LogP contribution in [0.1, 0.15) is 51.0 Å². The van der Waals surface area contributed by atoms with Gasteiger partial charge in [0.15, 0.2) is 0 Å². The zero-order valence-corrected chi connectivity index (χ0v) is 12.7. The second kappa shape index (κ2) is 7.32. The van der Waals surface area contributed by atoms with E-state index in [4.69, 9.17) is 0 Å². The molecule has 0 unspecified atom stereocenters. The van der Waals surface area contributed by atoms with Crippen LogP contribution in [0.15, 0.2) is 24.3 Å². The van der Waals surface area contributed by atoms with Crippen LogP contribution in [-0.2, 0) is 0 Å². The Morgan fingerprint density at radius 1 is 1.30 bits per heavy atom. The fourth-order valence-electron chi connectivity index (χ4n) is 3.00. The molecule has 0 spiro atoms. The highest BCUT2D eigenvalue weighted by Crippen LogP contribution is 2.23. The second-order valence-corrected chi connectivity index (χ2v) is 5.78. The number of benzene rings is 1. The Labute approximate surface area is 122 Å². The number of rotatable bonds is 4. The van der Waals surface area contributed by atoms with Gasteiger partial charge >= 0.3 is 6.03 Å². The number of aryl methyl sites for hydroxylation is 1. The van der Waals surface area contributed by atoms with Crippen LogP contribution in [-0.4, -0.2) is 23.5 Å². The van der Waals surface area contributed by atoms with Gasteiger partial charge in [0.1, 0.15) is 0 Å². The Bertz CT molecular complexity index is 438. The maximum atomic E-state index is 12.5. The van der Waals surface area contributed by atoms with E-state index < -0.39 is 0 Å². The lowest BCUT2D eigenvalue weighted by atomic mass is 9.94. The SMILES string of the molecule is CCCN(C(=O)Nc1cccc(C)c1)C1CCCCC1. The predicted octanol–water partition coefficient (Wildman–Crippen LogP) is 4.57. The van der Waals surface area contributed by atoms with Crippen molar-refractivity contribution in [2.45, 2.75) is 58.4 Å². The second-order valence-electron chi connectivity index (χ2n) is 5.78. The first-order valence-corrected chi connectivity index (χ1v) is 7.85. The van der Waals surface area contributed by atoms with Crippen molar-refractivity contribution in [3.05, 3.63) is 29.8 Å². The number of amides is 2. The third-order valence-corrected chi connectivity index (χ3v) is 4.01. The highest BCUT2D eigenvalue weighted by atomic mass is 16.2. The average Bonchev–Trinajstić information content (AvgIpc) is 2.45. The fourth-order valence-corrected chi connectivity index (χ4v) is 3.00. The van der Waals surface area contributed by atoms with E-state index >= 15 is 0 Å². The van der Waals surface area contributed by atoms with E-state index in [9.17, 15) is 4.79 Å². The molecule has 0 bridgehead atoms. The molecular weight excluding hydrogens is 248 g/mol. The molecule has 2 amide bonds. The lowest BCUT2D eigenvalue weighted by molar-refractivity contribution is 0.167. The molecule has 2 rings (SSSR count). The Kier molecular flexibility index (Phi) is 5.45. The van der Waals surface area contributed by atoms with Gasteiger partial charge in [-0.25, -0.2) is 4.79 Å². The molecule has 0 aromatic heterocycles. The van der Waals surface area contributed by atoms with Crippen molar-refractivity contribution in [1.82, 2.24) is 4.90 Å². The van der Waals surface area contributed by atoms with Gasteiger partial charge in [0.2, 0.25) is 0 Å². The van der Waals surface area contributed by atoms with Gasteiger partial charge in [-0.15, -0.1) is 0 Å². The summed E-state index contributed by atoms with van der Waals surface area (Å²) < 4.78 is 0. The minimum Gasteiger partial charge on any atom is -0.322 e. The van der Waals surface area contributed by atoms with E-state index in [2.05, 4.69) is 12.2 Å². The maximum absolute atomic E-state index is 12.5. The molecule has 1 fully saturated rings.